The molecule has 39 heavy (non-hydrogen) atoms. The standard InChI is InChI=1S/C29H28ClFN4O4/c1-16-8-21(31)22(32-13-16)15-39-24-9-18(3)35(28(38)26(24)30)23-10-25(33-14-17(23)2)34-7-5-6-20(27(34)37)29(4)11-19(36)12-29/h5-10,13-14,19,36H,11-12,15H2,1-4H3. The molecule has 8 nitrogen and oxygen atoms in total. The summed E-state index contributed by atoms with van der Waals surface area (Å²) >= 11 is 6.43. The number of hydrogen-bond donors (Lipinski definition) is 1. The van der Waals surface area contributed by atoms with Gasteiger partial charge in [0.1, 0.15) is 34.7 Å². The van der Waals surface area contributed by atoms with Crippen molar-refractivity contribution in [2.45, 2.75) is 58.7 Å². The van der Waals surface area contributed by atoms with Gasteiger partial charge in [0.25, 0.3) is 11.1 Å². The Hall–Kier alpha value is -3.82. The molecule has 0 atom stereocenters. The molecule has 1 aliphatic rings. The summed E-state index contributed by atoms with van der Waals surface area (Å²) in [6.07, 6.45) is 5.39. The van der Waals surface area contributed by atoms with E-state index in [0.29, 0.717) is 46.7 Å². The Bertz CT molecular complexity index is 1710. The molecule has 4 aromatic heterocycles. The summed E-state index contributed by atoms with van der Waals surface area (Å²) in [7, 11) is 0. The molecule has 0 unspecified atom stereocenters. The van der Waals surface area contributed by atoms with Crippen LogP contribution in [0.2, 0.25) is 5.02 Å². The van der Waals surface area contributed by atoms with Crippen molar-refractivity contribution in [3.63, 3.8) is 0 Å². The van der Waals surface area contributed by atoms with E-state index in [1.165, 1.54) is 21.4 Å². The van der Waals surface area contributed by atoms with E-state index in [2.05, 4.69) is 9.97 Å². The number of hydrogen-bond acceptors (Lipinski definition) is 6. The molecule has 5 rings (SSSR count). The first-order valence-corrected chi connectivity index (χ1v) is 12.9. The zero-order chi connectivity index (χ0) is 28.1. The highest BCUT2D eigenvalue weighted by Crippen LogP contribution is 2.42. The second-order valence-corrected chi connectivity index (χ2v) is 10.8. The summed E-state index contributed by atoms with van der Waals surface area (Å²) in [5, 5.41) is 9.66. The van der Waals surface area contributed by atoms with Crippen LogP contribution in [-0.4, -0.2) is 30.3 Å². The fourth-order valence-electron chi connectivity index (χ4n) is 5.11. The van der Waals surface area contributed by atoms with Crippen LogP contribution >= 0.6 is 11.6 Å². The Morgan fingerprint density at radius 2 is 1.87 bits per heavy atom. The number of nitrogens with zero attached hydrogens (tertiary/aromatic N) is 4. The Labute approximate surface area is 229 Å². The number of aromatic nitrogens is 4. The first kappa shape index (κ1) is 26.8. The molecular weight excluding hydrogens is 523 g/mol. The quantitative estimate of drug-likeness (QED) is 0.380. The Balaban J connectivity index is 1.52. The number of aliphatic hydroxyl groups is 1. The summed E-state index contributed by atoms with van der Waals surface area (Å²) in [6.45, 7) is 7.04. The average Bonchev–Trinajstić information content (AvgIpc) is 2.86. The minimum absolute atomic E-state index is 0.103. The Morgan fingerprint density at radius 1 is 1.13 bits per heavy atom. The summed E-state index contributed by atoms with van der Waals surface area (Å²) in [4.78, 5) is 35.3. The second-order valence-electron chi connectivity index (χ2n) is 10.4. The van der Waals surface area contributed by atoms with Gasteiger partial charge >= 0.3 is 0 Å². The average molecular weight is 551 g/mol. The normalized spacial score (nSPS) is 18.6. The molecule has 0 saturated heterocycles. The van der Waals surface area contributed by atoms with Gasteiger partial charge in [0.05, 0.1) is 11.8 Å². The highest BCUT2D eigenvalue weighted by Gasteiger charge is 2.42. The molecule has 4 heterocycles. The Morgan fingerprint density at radius 3 is 2.56 bits per heavy atom. The number of aliphatic hydroxyl groups excluding tert-OH is 1. The maximum Gasteiger partial charge on any atom is 0.277 e. The van der Waals surface area contributed by atoms with Gasteiger partial charge in [0.15, 0.2) is 0 Å². The highest BCUT2D eigenvalue weighted by molar-refractivity contribution is 6.31. The van der Waals surface area contributed by atoms with Crippen molar-refractivity contribution in [2.75, 3.05) is 0 Å². The smallest absolute Gasteiger partial charge is 0.277 e. The van der Waals surface area contributed by atoms with E-state index in [1.807, 2.05) is 6.92 Å². The SMILES string of the molecule is Cc1cnc(COc2cc(C)n(-c3cc(-n4cccc(C5(C)CC(O)C5)c4=O)ncc3C)c(=O)c2Cl)c(F)c1. The molecule has 0 bridgehead atoms. The van der Waals surface area contributed by atoms with Crippen LogP contribution in [0.25, 0.3) is 11.5 Å². The molecule has 1 saturated carbocycles. The zero-order valence-corrected chi connectivity index (χ0v) is 22.8. The molecule has 0 aliphatic heterocycles. The molecule has 1 aliphatic carbocycles. The van der Waals surface area contributed by atoms with Crippen LogP contribution < -0.4 is 15.9 Å². The minimum Gasteiger partial charge on any atom is -0.485 e. The van der Waals surface area contributed by atoms with Gasteiger partial charge in [-0.25, -0.2) is 9.37 Å². The van der Waals surface area contributed by atoms with Gasteiger partial charge in [-0.1, -0.05) is 24.6 Å². The van der Waals surface area contributed by atoms with E-state index in [4.69, 9.17) is 16.3 Å². The molecule has 1 fully saturated rings. The van der Waals surface area contributed by atoms with Crippen molar-refractivity contribution >= 4 is 11.6 Å². The van der Waals surface area contributed by atoms with Crippen molar-refractivity contribution in [1.29, 1.82) is 0 Å². The molecule has 10 heteroatoms. The van der Waals surface area contributed by atoms with Gasteiger partial charge in [-0.2, -0.15) is 0 Å². The van der Waals surface area contributed by atoms with Crippen molar-refractivity contribution < 1.29 is 14.2 Å². The maximum absolute atomic E-state index is 14.2. The van der Waals surface area contributed by atoms with Gasteiger partial charge in [-0.15, -0.1) is 0 Å². The molecular formula is C29H28ClFN4O4. The van der Waals surface area contributed by atoms with Crippen LogP contribution in [0.1, 0.15) is 47.8 Å². The van der Waals surface area contributed by atoms with Gasteiger partial charge in [0, 0.05) is 47.4 Å². The molecule has 0 aromatic carbocycles. The lowest BCUT2D eigenvalue weighted by Crippen LogP contribution is -2.46. The monoisotopic (exact) mass is 550 g/mol. The summed E-state index contributed by atoms with van der Waals surface area (Å²) in [5.74, 6) is -0.0449. The van der Waals surface area contributed by atoms with E-state index >= 15 is 0 Å². The van der Waals surface area contributed by atoms with Crippen molar-refractivity contribution in [3.8, 4) is 17.3 Å². The van der Waals surface area contributed by atoms with Crippen molar-refractivity contribution in [3.05, 3.63) is 109 Å². The first-order valence-electron chi connectivity index (χ1n) is 12.5. The van der Waals surface area contributed by atoms with Crippen LogP contribution in [0.5, 0.6) is 5.75 Å². The number of ether oxygens (including phenoxy) is 1. The first-order chi connectivity index (χ1) is 18.5. The lowest BCUT2D eigenvalue weighted by molar-refractivity contribution is 0.0265. The van der Waals surface area contributed by atoms with Gasteiger partial charge < -0.3 is 9.84 Å². The van der Waals surface area contributed by atoms with Crippen LogP contribution in [0, 0.1) is 26.6 Å². The second kappa shape index (κ2) is 10.1. The predicted molar refractivity (Wildman–Crippen MR) is 146 cm³/mol. The van der Waals surface area contributed by atoms with Crippen LogP contribution in [0.3, 0.4) is 0 Å². The van der Waals surface area contributed by atoms with E-state index in [9.17, 15) is 19.1 Å². The molecule has 0 amide bonds. The van der Waals surface area contributed by atoms with Crippen LogP contribution in [0.4, 0.5) is 4.39 Å². The molecule has 202 valence electrons. The van der Waals surface area contributed by atoms with Gasteiger partial charge in [0.2, 0.25) is 0 Å². The summed E-state index contributed by atoms with van der Waals surface area (Å²) in [5.41, 5.74) is 1.96. The van der Waals surface area contributed by atoms with E-state index in [-0.39, 0.29) is 28.6 Å². The number of aryl methyl sites for hydroxylation is 3. The largest absolute Gasteiger partial charge is 0.485 e. The molecule has 0 spiro atoms. The topological polar surface area (TPSA) is 99.2 Å². The van der Waals surface area contributed by atoms with Crippen molar-refractivity contribution in [1.82, 2.24) is 19.1 Å². The lowest BCUT2D eigenvalue weighted by Gasteiger charge is -2.42. The molecule has 0 radical (unpaired) electrons. The third-order valence-corrected chi connectivity index (χ3v) is 7.58. The van der Waals surface area contributed by atoms with E-state index in [0.717, 1.165) is 0 Å². The molecule has 1 N–H and O–H groups in total. The fourth-order valence-corrected chi connectivity index (χ4v) is 5.30. The fraction of sp³-hybridized carbons (Fsp3) is 0.310. The minimum atomic E-state index is -0.527. The van der Waals surface area contributed by atoms with E-state index < -0.39 is 22.9 Å². The van der Waals surface area contributed by atoms with E-state index in [1.54, 1.807) is 57.4 Å². The number of rotatable bonds is 6. The lowest BCUT2D eigenvalue weighted by atomic mass is 9.64. The summed E-state index contributed by atoms with van der Waals surface area (Å²) in [6, 6.07) is 8.18. The van der Waals surface area contributed by atoms with Gasteiger partial charge in [-0.05, 0) is 56.9 Å². The number of halogens is 2. The summed E-state index contributed by atoms with van der Waals surface area (Å²) < 4.78 is 22.7. The third-order valence-electron chi connectivity index (χ3n) is 7.24. The Kier molecular flexibility index (Phi) is 6.90. The predicted octanol–water partition coefficient (Wildman–Crippen LogP) is 4.49. The van der Waals surface area contributed by atoms with Crippen LogP contribution in [-0.2, 0) is 12.0 Å². The van der Waals surface area contributed by atoms with Crippen LogP contribution in [0.15, 0.2) is 58.5 Å². The highest BCUT2D eigenvalue weighted by atomic mass is 35.5. The zero-order valence-electron chi connectivity index (χ0n) is 22.0. The molecule has 4 aromatic rings. The number of pyridine rings is 4. The third kappa shape index (κ3) is 4.88. The maximum atomic E-state index is 14.2. The van der Waals surface area contributed by atoms with Crippen molar-refractivity contribution in [2.24, 2.45) is 0 Å². The van der Waals surface area contributed by atoms with Gasteiger partial charge in [-0.3, -0.25) is 23.7 Å².